The minimum Gasteiger partial charge on any atom is -0.358 e. The Morgan fingerprint density at radius 1 is 1.06 bits per heavy atom. The summed E-state index contributed by atoms with van der Waals surface area (Å²) in [5, 5.41) is 6.97. The molecule has 0 amide bonds. The maximum absolute atomic E-state index is 5.56. The highest BCUT2D eigenvalue weighted by Crippen LogP contribution is 2.29. The van der Waals surface area contributed by atoms with Gasteiger partial charge in [0.1, 0.15) is 11.6 Å². The van der Waals surface area contributed by atoms with Gasteiger partial charge in [0, 0.05) is 51.2 Å². The number of hydrogen-bond acceptors (Lipinski definition) is 6. The van der Waals surface area contributed by atoms with Crippen LogP contribution in [-0.2, 0) is 19.5 Å². The molecule has 0 spiro atoms. The van der Waals surface area contributed by atoms with Crippen LogP contribution < -0.4 is 20.4 Å². The summed E-state index contributed by atoms with van der Waals surface area (Å²) in [6, 6.07) is 14.8. The predicted molar refractivity (Wildman–Crippen MR) is 141 cm³/mol. The molecule has 8 heteroatoms. The molecule has 0 aliphatic carbocycles. The summed E-state index contributed by atoms with van der Waals surface area (Å²) in [4.78, 5) is 18.6. The van der Waals surface area contributed by atoms with Gasteiger partial charge in [0.25, 0.3) is 0 Å². The van der Waals surface area contributed by atoms with E-state index in [0.717, 1.165) is 49.8 Å². The third-order valence-corrected chi connectivity index (χ3v) is 6.78. The van der Waals surface area contributed by atoms with Crippen LogP contribution in [0.2, 0.25) is 0 Å². The lowest BCUT2D eigenvalue weighted by atomic mass is 10.00. The van der Waals surface area contributed by atoms with Gasteiger partial charge in [-0.15, -0.1) is 0 Å². The fourth-order valence-electron chi connectivity index (χ4n) is 4.72. The number of nitrogens with zero attached hydrogens (tertiary/aromatic N) is 5. The van der Waals surface area contributed by atoms with Gasteiger partial charge in [0.05, 0.1) is 0 Å². The van der Waals surface area contributed by atoms with Crippen LogP contribution in [0.5, 0.6) is 0 Å². The zero-order valence-corrected chi connectivity index (χ0v) is 20.4. The number of benzene rings is 1. The molecule has 1 fully saturated rings. The highest BCUT2D eigenvalue weighted by Gasteiger charge is 2.23. The molecule has 1 aromatic carbocycles. The first-order valence-corrected chi connectivity index (χ1v) is 12.4. The second-order valence-electron chi connectivity index (χ2n) is 9.21. The topological polar surface area (TPSA) is 69.2 Å². The van der Waals surface area contributed by atoms with Crippen molar-refractivity contribution in [1.29, 1.82) is 0 Å². The normalized spacial score (nSPS) is 17.7. The fraction of sp³-hybridized carbons (Fsp3) is 0.385. The number of aromatic nitrogens is 3. The smallest absolute Gasteiger partial charge is 0.232 e. The summed E-state index contributed by atoms with van der Waals surface area (Å²) in [6.07, 6.45) is 7.07. The Kier molecular flexibility index (Phi) is 6.85. The van der Waals surface area contributed by atoms with Crippen molar-refractivity contribution in [3.8, 4) is 0 Å². The van der Waals surface area contributed by atoms with Crippen LogP contribution in [0, 0.1) is 5.92 Å². The average molecular weight is 474 g/mol. The molecule has 1 saturated heterocycles. The van der Waals surface area contributed by atoms with E-state index in [4.69, 9.17) is 22.2 Å². The van der Waals surface area contributed by atoms with Crippen molar-refractivity contribution in [3.05, 3.63) is 71.5 Å². The molecule has 2 aliphatic rings. The van der Waals surface area contributed by atoms with E-state index < -0.39 is 0 Å². The molecule has 176 valence electrons. The molecule has 0 bridgehead atoms. The van der Waals surface area contributed by atoms with Gasteiger partial charge in [-0.2, -0.15) is 9.97 Å². The van der Waals surface area contributed by atoms with Crippen LogP contribution in [-0.4, -0.2) is 39.7 Å². The number of nitrogens with one attached hydrogen (secondary N) is 2. The van der Waals surface area contributed by atoms with Crippen LogP contribution in [0.3, 0.4) is 0 Å². The Balaban J connectivity index is 1.37. The Hall–Kier alpha value is -3.26. The first kappa shape index (κ1) is 22.5. The minimum atomic E-state index is 0.503. The number of thiocarbonyl (C=S) groups is 1. The summed E-state index contributed by atoms with van der Waals surface area (Å²) >= 11 is 5.56. The molecule has 2 aliphatic heterocycles. The lowest BCUT2D eigenvalue weighted by Crippen LogP contribution is -2.36. The van der Waals surface area contributed by atoms with E-state index in [9.17, 15) is 0 Å². The number of anilines is 3. The van der Waals surface area contributed by atoms with E-state index in [1.165, 1.54) is 24.0 Å². The number of rotatable bonds is 5. The summed E-state index contributed by atoms with van der Waals surface area (Å²) in [7, 11) is 0. The van der Waals surface area contributed by atoms with E-state index in [0.29, 0.717) is 23.5 Å². The van der Waals surface area contributed by atoms with Crippen molar-refractivity contribution in [2.75, 3.05) is 34.8 Å². The summed E-state index contributed by atoms with van der Waals surface area (Å²) in [5.74, 6) is 3.10. The monoisotopic (exact) mass is 473 g/mol. The molecule has 5 rings (SSSR count). The van der Waals surface area contributed by atoms with E-state index in [-0.39, 0.29) is 0 Å². The van der Waals surface area contributed by atoms with Crippen molar-refractivity contribution in [2.45, 2.75) is 39.3 Å². The molecule has 3 aromatic rings. The molecule has 2 N–H and O–H groups in total. The third kappa shape index (κ3) is 5.44. The summed E-state index contributed by atoms with van der Waals surface area (Å²) in [6.45, 7) is 6.74. The molecule has 0 unspecified atom stereocenters. The van der Waals surface area contributed by atoms with Crippen molar-refractivity contribution in [1.82, 2.24) is 20.3 Å². The lowest BCUT2D eigenvalue weighted by Gasteiger charge is -2.34. The predicted octanol–water partition coefficient (Wildman–Crippen LogP) is 4.16. The maximum atomic E-state index is 5.56. The van der Waals surface area contributed by atoms with Crippen molar-refractivity contribution >= 4 is 34.9 Å². The van der Waals surface area contributed by atoms with Gasteiger partial charge in [0.2, 0.25) is 5.95 Å². The van der Waals surface area contributed by atoms with Crippen LogP contribution in [0.15, 0.2) is 54.9 Å². The van der Waals surface area contributed by atoms with E-state index in [2.05, 4.69) is 62.7 Å². The summed E-state index contributed by atoms with van der Waals surface area (Å²) < 4.78 is 0. The van der Waals surface area contributed by atoms with E-state index in [1.807, 2.05) is 18.3 Å². The van der Waals surface area contributed by atoms with Gasteiger partial charge < -0.3 is 20.4 Å². The fourth-order valence-corrected chi connectivity index (χ4v) is 4.88. The van der Waals surface area contributed by atoms with Gasteiger partial charge in [-0.25, -0.2) is 0 Å². The quantitative estimate of drug-likeness (QED) is 0.536. The second-order valence-corrected chi connectivity index (χ2v) is 9.62. The molecule has 7 nitrogen and oxygen atoms in total. The van der Waals surface area contributed by atoms with E-state index in [1.54, 1.807) is 6.20 Å². The molecule has 1 atom stereocenters. The maximum Gasteiger partial charge on any atom is 0.232 e. The molecular weight excluding hydrogens is 442 g/mol. The SMILES string of the molecule is C[C@H]1CCCN(c2cc(N3CCc4ccccc4C3)nc(NC(=S)NCc3cccnc3)n2)C1. The highest BCUT2D eigenvalue weighted by molar-refractivity contribution is 7.80. The summed E-state index contributed by atoms with van der Waals surface area (Å²) in [5.41, 5.74) is 3.86. The first-order chi connectivity index (χ1) is 16.6. The minimum absolute atomic E-state index is 0.503. The molecular formula is C26H31N7S. The standard InChI is InChI=1S/C26H31N7S/c1-19-6-5-12-32(17-19)23-14-24(33-13-10-21-8-2-3-9-22(21)18-33)30-25(29-23)31-26(34)28-16-20-7-4-11-27-15-20/h2-4,7-9,11,14-15,19H,5-6,10,12-13,16-18H2,1H3,(H2,28,29,30,31,34)/t19-/m0/s1. The van der Waals surface area contributed by atoms with Crippen LogP contribution >= 0.6 is 12.2 Å². The molecule has 0 radical (unpaired) electrons. The van der Waals surface area contributed by atoms with Crippen molar-refractivity contribution in [2.24, 2.45) is 5.92 Å². The van der Waals surface area contributed by atoms with Gasteiger partial charge >= 0.3 is 0 Å². The number of pyridine rings is 1. The number of piperidine rings is 1. The first-order valence-electron chi connectivity index (χ1n) is 12.0. The number of hydrogen-bond donors (Lipinski definition) is 2. The van der Waals surface area contributed by atoms with Gasteiger partial charge in [0.15, 0.2) is 5.11 Å². The Morgan fingerprint density at radius 2 is 1.88 bits per heavy atom. The molecule has 0 saturated carbocycles. The third-order valence-electron chi connectivity index (χ3n) is 6.54. The second kappa shape index (κ2) is 10.3. The van der Waals surface area contributed by atoms with Crippen molar-refractivity contribution < 1.29 is 0 Å². The molecule has 4 heterocycles. The van der Waals surface area contributed by atoms with Crippen LogP contribution in [0.4, 0.5) is 17.6 Å². The Bertz CT molecular complexity index is 1140. The van der Waals surface area contributed by atoms with Crippen molar-refractivity contribution in [3.63, 3.8) is 0 Å². The zero-order valence-electron chi connectivity index (χ0n) is 19.6. The average Bonchev–Trinajstić information content (AvgIpc) is 2.87. The lowest BCUT2D eigenvalue weighted by molar-refractivity contribution is 0.444. The zero-order chi connectivity index (χ0) is 23.3. The van der Waals surface area contributed by atoms with Gasteiger partial charge in [-0.3, -0.25) is 4.98 Å². The Morgan fingerprint density at radius 3 is 2.68 bits per heavy atom. The van der Waals surface area contributed by atoms with Crippen LogP contribution in [0.25, 0.3) is 0 Å². The molecule has 2 aromatic heterocycles. The largest absolute Gasteiger partial charge is 0.358 e. The highest BCUT2D eigenvalue weighted by atomic mass is 32.1. The van der Waals surface area contributed by atoms with Crippen LogP contribution in [0.1, 0.15) is 36.5 Å². The van der Waals surface area contributed by atoms with Gasteiger partial charge in [-0.05, 0) is 60.2 Å². The van der Waals surface area contributed by atoms with E-state index >= 15 is 0 Å². The number of fused-ring (bicyclic) bond motifs is 1. The molecule has 34 heavy (non-hydrogen) atoms. The van der Waals surface area contributed by atoms with Gasteiger partial charge in [-0.1, -0.05) is 37.3 Å². The Labute approximate surface area is 206 Å².